The molecule has 90 valence electrons. The third-order valence-corrected chi connectivity index (χ3v) is 12.4. The normalized spacial score (nSPS) is 13.6. The van der Waals surface area contributed by atoms with Crippen molar-refractivity contribution < 1.29 is 0 Å². The molecule has 0 aromatic heterocycles. The summed E-state index contributed by atoms with van der Waals surface area (Å²) in [5.74, 6) is 0. The Kier molecular flexibility index (Phi) is 9.69. The maximum absolute atomic E-state index is 3.62. The monoisotopic (exact) mass is 348 g/mol. The van der Waals surface area contributed by atoms with E-state index in [-0.39, 0.29) is 17.0 Å². The van der Waals surface area contributed by atoms with Gasteiger partial charge in [-0.05, 0) is 0 Å². The Morgan fingerprint density at radius 3 is 1.21 bits per heavy atom. The Morgan fingerprint density at radius 2 is 1.14 bits per heavy atom. The van der Waals surface area contributed by atoms with Gasteiger partial charge in [-0.2, -0.15) is 0 Å². The standard InChI is InChI=1S/C11H26BrP.BrH/c1-9(2)13(8-7-12,10(3)4)11(5)6;/h9-11,13H,7-8H2,1-6H3;1H. The molecule has 0 atom stereocenters. The van der Waals surface area contributed by atoms with Crippen LogP contribution in [-0.2, 0) is 0 Å². The summed E-state index contributed by atoms with van der Waals surface area (Å²) >= 11 is 3.62. The molecule has 0 aliphatic rings. The van der Waals surface area contributed by atoms with Crippen LogP contribution in [-0.4, -0.2) is 28.5 Å². The summed E-state index contributed by atoms with van der Waals surface area (Å²) < 4.78 is 0. The Balaban J connectivity index is 0. The quantitative estimate of drug-likeness (QED) is 0.487. The minimum atomic E-state index is -1.07. The molecule has 0 saturated heterocycles. The Hall–Kier alpha value is 1.39. The van der Waals surface area contributed by atoms with Crippen molar-refractivity contribution in [3.05, 3.63) is 0 Å². The van der Waals surface area contributed by atoms with Crippen LogP contribution in [0.25, 0.3) is 0 Å². The van der Waals surface area contributed by atoms with E-state index in [0.717, 1.165) is 17.0 Å². The van der Waals surface area contributed by atoms with E-state index in [1.165, 1.54) is 11.5 Å². The molecular formula is C11H27Br2P. The predicted octanol–water partition coefficient (Wildman–Crippen LogP) is 4.93. The molecule has 0 N–H and O–H groups in total. The first-order chi connectivity index (χ1) is 5.89. The average Bonchev–Trinajstić information content (AvgIpc) is 1.97. The molecule has 0 aromatic carbocycles. The molecule has 0 aliphatic carbocycles. The van der Waals surface area contributed by atoms with Gasteiger partial charge in [0.05, 0.1) is 0 Å². The van der Waals surface area contributed by atoms with Gasteiger partial charge in [0, 0.05) is 0 Å². The summed E-state index contributed by atoms with van der Waals surface area (Å²) in [7, 11) is -1.07. The van der Waals surface area contributed by atoms with Crippen molar-refractivity contribution in [3.63, 3.8) is 0 Å². The molecule has 0 radical (unpaired) electrons. The van der Waals surface area contributed by atoms with E-state index in [1.807, 2.05) is 0 Å². The van der Waals surface area contributed by atoms with E-state index in [1.54, 1.807) is 0 Å². The first kappa shape index (κ1) is 17.8. The van der Waals surface area contributed by atoms with E-state index in [4.69, 9.17) is 0 Å². The van der Waals surface area contributed by atoms with Crippen LogP contribution in [0, 0.1) is 0 Å². The van der Waals surface area contributed by atoms with Gasteiger partial charge in [-0.1, -0.05) is 0 Å². The molecule has 0 saturated carbocycles. The summed E-state index contributed by atoms with van der Waals surface area (Å²) in [5, 5.41) is 1.19. The average molecular weight is 350 g/mol. The fourth-order valence-corrected chi connectivity index (χ4v) is 11.1. The number of hydrogen-bond donors (Lipinski definition) is 0. The van der Waals surface area contributed by atoms with Crippen molar-refractivity contribution in [1.29, 1.82) is 0 Å². The number of hydrogen-bond acceptors (Lipinski definition) is 0. The van der Waals surface area contributed by atoms with E-state index in [2.05, 4.69) is 57.5 Å². The summed E-state index contributed by atoms with van der Waals surface area (Å²) in [6.07, 6.45) is 1.43. The molecule has 3 heteroatoms. The van der Waals surface area contributed by atoms with Crippen LogP contribution in [0.15, 0.2) is 0 Å². The van der Waals surface area contributed by atoms with E-state index in [0.29, 0.717) is 0 Å². The third kappa shape index (κ3) is 3.76. The fourth-order valence-electron chi connectivity index (χ4n) is 3.03. The van der Waals surface area contributed by atoms with Crippen LogP contribution in [0.3, 0.4) is 0 Å². The number of rotatable bonds is 5. The minimum absolute atomic E-state index is 0. The van der Waals surface area contributed by atoms with Crippen molar-refractivity contribution in [2.45, 2.75) is 58.5 Å². The molecule has 14 heavy (non-hydrogen) atoms. The van der Waals surface area contributed by atoms with Crippen LogP contribution >= 0.6 is 40.2 Å². The second-order valence-electron chi connectivity index (χ2n) is 5.02. The Morgan fingerprint density at radius 1 is 0.857 bits per heavy atom. The molecule has 0 heterocycles. The van der Waals surface area contributed by atoms with Crippen LogP contribution in [0.4, 0.5) is 0 Å². The van der Waals surface area contributed by atoms with Gasteiger partial charge in [0.15, 0.2) is 0 Å². The Labute approximate surface area is 110 Å². The summed E-state index contributed by atoms with van der Waals surface area (Å²) in [4.78, 5) is 0. The molecule has 0 amide bonds. The van der Waals surface area contributed by atoms with E-state index in [9.17, 15) is 0 Å². The van der Waals surface area contributed by atoms with E-state index >= 15 is 0 Å². The van der Waals surface area contributed by atoms with Crippen LogP contribution < -0.4 is 0 Å². The van der Waals surface area contributed by atoms with Crippen LogP contribution in [0.2, 0.25) is 0 Å². The van der Waals surface area contributed by atoms with Crippen molar-refractivity contribution >= 4 is 40.2 Å². The second kappa shape index (κ2) is 7.63. The van der Waals surface area contributed by atoms with Crippen molar-refractivity contribution in [2.24, 2.45) is 0 Å². The summed E-state index contributed by atoms with van der Waals surface area (Å²) in [5.41, 5.74) is 2.72. The van der Waals surface area contributed by atoms with E-state index < -0.39 is 7.26 Å². The van der Waals surface area contributed by atoms with Crippen LogP contribution in [0.1, 0.15) is 41.5 Å². The van der Waals surface area contributed by atoms with Gasteiger partial charge in [-0.25, -0.2) is 0 Å². The van der Waals surface area contributed by atoms with Crippen LogP contribution in [0.5, 0.6) is 0 Å². The molecule has 0 spiro atoms. The maximum atomic E-state index is 3.62. The van der Waals surface area contributed by atoms with Crippen molar-refractivity contribution in [3.8, 4) is 0 Å². The zero-order valence-corrected chi connectivity index (χ0v) is 14.7. The zero-order chi connectivity index (χ0) is 10.6. The first-order valence-corrected chi connectivity index (χ1v) is 9.01. The first-order valence-electron chi connectivity index (χ1n) is 5.45. The van der Waals surface area contributed by atoms with Gasteiger partial charge in [0.25, 0.3) is 0 Å². The van der Waals surface area contributed by atoms with Gasteiger partial charge in [-0.15, -0.1) is 17.0 Å². The Bertz CT molecular complexity index is 122. The summed E-state index contributed by atoms with van der Waals surface area (Å²) in [6, 6.07) is 0. The second-order valence-corrected chi connectivity index (χ2v) is 12.0. The molecule has 0 rings (SSSR count). The van der Waals surface area contributed by atoms with Gasteiger partial charge >= 0.3 is 93.2 Å². The van der Waals surface area contributed by atoms with Crippen molar-refractivity contribution in [2.75, 3.05) is 11.5 Å². The topological polar surface area (TPSA) is 0 Å². The number of halogens is 2. The SMILES string of the molecule is Br.CC(C)[PH](CCBr)(C(C)C)C(C)C. The molecular weight excluding hydrogens is 323 g/mol. The van der Waals surface area contributed by atoms with Gasteiger partial charge in [0.2, 0.25) is 0 Å². The number of alkyl halides is 1. The molecule has 0 nitrogen and oxygen atoms in total. The van der Waals surface area contributed by atoms with Crippen molar-refractivity contribution in [1.82, 2.24) is 0 Å². The molecule has 0 bridgehead atoms. The fraction of sp³-hybridized carbons (Fsp3) is 1.00. The predicted molar refractivity (Wildman–Crippen MR) is 82.7 cm³/mol. The third-order valence-electron chi connectivity index (χ3n) is 3.75. The summed E-state index contributed by atoms with van der Waals surface area (Å²) in [6.45, 7) is 14.6. The molecule has 0 aromatic rings. The molecule has 0 unspecified atom stereocenters. The molecule has 0 fully saturated rings. The van der Waals surface area contributed by atoms with Gasteiger partial charge in [-0.3, -0.25) is 0 Å². The van der Waals surface area contributed by atoms with Gasteiger partial charge < -0.3 is 0 Å². The van der Waals surface area contributed by atoms with Gasteiger partial charge in [0.1, 0.15) is 0 Å². The molecule has 0 aliphatic heterocycles. The zero-order valence-electron chi connectivity index (χ0n) is 10.4.